The summed E-state index contributed by atoms with van der Waals surface area (Å²) in [6, 6.07) is 0.655. The first-order chi connectivity index (χ1) is 7.15. The molecule has 2 nitrogen and oxygen atoms in total. The topological polar surface area (TPSA) is 21.3 Å². The molecule has 1 rings (SSSR count). The summed E-state index contributed by atoms with van der Waals surface area (Å²) in [6.45, 7) is 11.2. The third-order valence-electron chi connectivity index (χ3n) is 3.33. The second kappa shape index (κ2) is 6.49. The monoisotopic (exact) mass is 213 g/mol. The maximum absolute atomic E-state index is 5.67. The van der Waals surface area contributed by atoms with Gasteiger partial charge in [-0.05, 0) is 38.6 Å². The van der Waals surface area contributed by atoms with Crippen molar-refractivity contribution in [3.8, 4) is 0 Å². The number of ether oxygens (including phenoxy) is 1. The third-order valence-corrected chi connectivity index (χ3v) is 3.33. The molecule has 15 heavy (non-hydrogen) atoms. The van der Waals surface area contributed by atoms with Crippen molar-refractivity contribution in [3.05, 3.63) is 0 Å². The minimum Gasteiger partial charge on any atom is -0.378 e. The molecule has 3 unspecified atom stereocenters. The highest BCUT2D eigenvalue weighted by Crippen LogP contribution is 2.27. The second-order valence-electron chi connectivity index (χ2n) is 5.22. The molecule has 0 spiro atoms. The molecule has 2 heteroatoms. The average molecular weight is 213 g/mol. The summed E-state index contributed by atoms with van der Waals surface area (Å²) in [4.78, 5) is 0. The first-order valence-corrected chi connectivity index (χ1v) is 6.50. The molecule has 0 aromatic rings. The van der Waals surface area contributed by atoms with Crippen LogP contribution in [0.1, 0.15) is 47.0 Å². The zero-order valence-electron chi connectivity index (χ0n) is 10.8. The molecule has 1 aliphatic heterocycles. The molecular formula is C13H27NO. The fourth-order valence-corrected chi connectivity index (χ4v) is 2.52. The SMILES string of the molecule is CCCNC(CC(C)C)C1CCOC1C. The van der Waals surface area contributed by atoms with Crippen LogP contribution in [0.3, 0.4) is 0 Å². The lowest BCUT2D eigenvalue weighted by Gasteiger charge is -2.28. The Morgan fingerprint density at radius 1 is 1.40 bits per heavy atom. The number of hydrogen-bond acceptors (Lipinski definition) is 2. The molecule has 0 aliphatic carbocycles. The van der Waals surface area contributed by atoms with Gasteiger partial charge in [0.1, 0.15) is 0 Å². The van der Waals surface area contributed by atoms with Gasteiger partial charge in [-0.3, -0.25) is 0 Å². The van der Waals surface area contributed by atoms with Gasteiger partial charge < -0.3 is 10.1 Å². The van der Waals surface area contributed by atoms with Gasteiger partial charge in [0.25, 0.3) is 0 Å². The van der Waals surface area contributed by atoms with E-state index in [4.69, 9.17) is 4.74 Å². The quantitative estimate of drug-likeness (QED) is 0.732. The molecule has 1 heterocycles. The van der Waals surface area contributed by atoms with E-state index >= 15 is 0 Å². The van der Waals surface area contributed by atoms with Gasteiger partial charge in [-0.2, -0.15) is 0 Å². The Bertz CT molecular complexity index is 170. The molecule has 0 saturated carbocycles. The summed E-state index contributed by atoms with van der Waals surface area (Å²) >= 11 is 0. The minimum absolute atomic E-state index is 0.443. The summed E-state index contributed by atoms with van der Waals surface area (Å²) in [7, 11) is 0. The van der Waals surface area contributed by atoms with Crippen molar-refractivity contribution >= 4 is 0 Å². The van der Waals surface area contributed by atoms with E-state index in [9.17, 15) is 0 Å². The molecule has 1 aliphatic rings. The average Bonchev–Trinajstić information content (AvgIpc) is 2.58. The molecular weight excluding hydrogens is 186 g/mol. The molecule has 1 saturated heterocycles. The number of rotatable bonds is 6. The van der Waals surface area contributed by atoms with Crippen molar-refractivity contribution in [3.63, 3.8) is 0 Å². The highest BCUT2D eigenvalue weighted by atomic mass is 16.5. The van der Waals surface area contributed by atoms with Crippen molar-refractivity contribution in [1.29, 1.82) is 0 Å². The molecule has 1 N–H and O–H groups in total. The van der Waals surface area contributed by atoms with E-state index in [1.54, 1.807) is 0 Å². The minimum atomic E-state index is 0.443. The van der Waals surface area contributed by atoms with E-state index in [0.29, 0.717) is 12.1 Å². The van der Waals surface area contributed by atoms with E-state index in [1.165, 1.54) is 19.3 Å². The van der Waals surface area contributed by atoms with Crippen LogP contribution in [0.25, 0.3) is 0 Å². The summed E-state index contributed by atoms with van der Waals surface area (Å²) < 4.78 is 5.67. The predicted octanol–water partition coefficient (Wildman–Crippen LogP) is 2.83. The normalized spacial score (nSPS) is 28.6. The van der Waals surface area contributed by atoms with Gasteiger partial charge in [-0.25, -0.2) is 0 Å². The molecule has 90 valence electrons. The lowest BCUT2D eigenvalue weighted by atomic mass is 9.87. The zero-order valence-corrected chi connectivity index (χ0v) is 10.8. The third kappa shape index (κ3) is 4.12. The van der Waals surface area contributed by atoms with Crippen LogP contribution < -0.4 is 5.32 Å². The maximum Gasteiger partial charge on any atom is 0.0590 e. The Hall–Kier alpha value is -0.0800. The fraction of sp³-hybridized carbons (Fsp3) is 1.00. The van der Waals surface area contributed by atoms with E-state index in [2.05, 4.69) is 33.0 Å². The van der Waals surface area contributed by atoms with E-state index < -0.39 is 0 Å². The predicted molar refractivity (Wildman–Crippen MR) is 65.1 cm³/mol. The van der Waals surface area contributed by atoms with E-state index in [-0.39, 0.29) is 0 Å². The van der Waals surface area contributed by atoms with Crippen LogP contribution >= 0.6 is 0 Å². The second-order valence-corrected chi connectivity index (χ2v) is 5.22. The molecule has 0 aromatic heterocycles. The molecule has 1 fully saturated rings. The van der Waals surface area contributed by atoms with Crippen molar-refractivity contribution in [2.75, 3.05) is 13.2 Å². The fourth-order valence-electron chi connectivity index (χ4n) is 2.52. The van der Waals surface area contributed by atoms with Gasteiger partial charge in [0, 0.05) is 18.6 Å². The van der Waals surface area contributed by atoms with Crippen molar-refractivity contribution in [2.45, 2.75) is 59.1 Å². The lowest BCUT2D eigenvalue weighted by molar-refractivity contribution is 0.0926. The Kier molecular flexibility index (Phi) is 5.62. The van der Waals surface area contributed by atoms with E-state index in [0.717, 1.165) is 25.0 Å². The Morgan fingerprint density at radius 3 is 2.60 bits per heavy atom. The van der Waals surface area contributed by atoms with Crippen LogP contribution in [-0.4, -0.2) is 25.3 Å². The zero-order chi connectivity index (χ0) is 11.3. The highest BCUT2D eigenvalue weighted by molar-refractivity contribution is 4.84. The van der Waals surface area contributed by atoms with Gasteiger partial charge in [-0.1, -0.05) is 20.8 Å². The molecule has 3 atom stereocenters. The van der Waals surface area contributed by atoms with Gasteiger partial charge >= 0.3 is 0 Å². The summed E-state index contributed by atoms with van der Waals surface area (Å²) in [5.41, 5.74) is 0. The van der Waals surface area contributed by atoms with Crippen LogP contribution in [0.2, 0.25) is 0 Å². The number of hydrogen-bond donors (Lipinski definition) is 1. The largest absolute Gasteiger partial charge is 0.378 e. The van der Waals surface area contributed by atoms with Gasteiger partial charge in [-0.15, -0.1) is 0 Å². The van der Waals surface area contributed by atoms with Crippen LogP contribution in [0.4, 0.5) is 0 Å². The standard InChI is InChI=1S/C13H27NO/c1-5-7-14-13(9-10(2)3)12-6-8-15-11(12)4/h10-14H,5-9H2,1-4H3. The molecule has 0 aromatic carbocycles. The molecule has 0 bridgehead atoms. The Balaban J connectivity index is 2.46. The van der Waals surface area contributed by atoms with Crippen molar-refractivity contribution in [2.24, 2.45) is 11.8 Å². The van der Waals surface area contributed by atoms with Crippen LogP contribution in [-0.2, 0) is 4.74 Å². The first kappa shape index (κ1) is 13.0. The lowest BCUT2D eigenvalue weighted by Crippen LogP contribution is -2.40. The summed E-state index contributed by atoms with van der Waals surface area (Å²) in [6.07, 6.45) is 4.17. The maximum atomic E-state index is 5.67. The number of nitrogens with one attached hydrogen (secondary N) is 1. The summed E-state index contributed by atoms with van der Waals surface area (Å²) in [5.74, 6) is 1.49. The van der Waals surface area contributed by atoms with E-state index in [1.807, 2.05) is 0 Å². The molecule has 0 radical (unpaired) electrons. The molecule has 0 amide bonds. The van der Waals surface area contributed by atoms with Gasteiger partial charge in [0.2, 0.25) is 0 Å². The van der Waals surface area contributed by atoms with Crippen LogP contribution in [0.15, 0.2) is 0 Å². The Morgan fingerprint density at radius 2 is 2.13 bits per heavy atom. The van der Waals surface area contributed by atoms with Crippen molar-refractivity contribution < 1.29 is 4.74 Å². The van der Waals surface area contributed by atoms with Crippen molar-refractivity contribution in [1.82, 2.24) is 5.32 Å². The van der Waals surface area contributed by atoms with Crippen LogP contribution in [0, 0.1) is 11.8 Å². The highest BCUT2D eigenvalue weighted by Gasteiger charge is 2.31. The van der Waals surface area contributed by atoms with Crippen LogP contribution in [0.5, 0.6) is 0 Å². The first-order valence-electron chi connectivity index (χ1n) is 6.50. The van der Waals surface area contributed by atoms with Gasteiger partial charge in [0.05, 0.1) is 6.10 Å². The van der Waals surface area contributed by atoms with Gasteiger partial charge in [0.15, 0.2) is 0 Å². The Labute approximate surface area is 94.8 Å². The summed E-state index contributed by atoms with van der Waals surface area (Å²) in [5, 5.41) is 3.69. The smallest absolute Gasteiger partial charge is 0.0590 e.